The van der Waals surface area contributed by atoms with Gasteiger partial charge < -0.3 is 14.7 Å². The van der Waals surface area contributed by atoms with E-state index in [9.17, 15) is 9.90 Å². The number of likely N-dealkylation sites (N-methyl/N-ethyl adjacent to an activating group) is 1. The van der Waals surface area contributed by atoms with E-state index in [0.29, 0.717) is 18.2 Å². The highest BCUT2D eigenvalue weighted by Gasteiger charge is 2.72. The molecule has 134 valence electrons. The molecule has 3 aliphatic heterocycles. The van der Waals surface area contributed by atoms with Crippen LogP contribution in [-0.4, -0.2) is 46.6 Å². The van der Waals surface area contributed by atoms with E-state index in [0.717, 1.165) is 45.1 Å². The van der Waals surface area contributed by atoms with Gasteiger partial charge in [-0.05, 0) is 82.3 Å². The van der Waals surface area contributed by atoms with Crippen molar-refractivity contribution in [1.29, 1.82) is 0 Å². The van der Waals surface area contributed by atoms with Gasteiger partial charge in [-0.25, -0.2) is 0 Å². The topological polar surface area (TPSA) is 49.8 Å². The molecule has 4 atom stereocenters. The predicted molar refractivity (Wildman–Crippen MR) is 94.8 cm³/mol. The maximum absolute atomic E-state index is 12.0. The first-order valence-electron chi connectivity index (χ1n) is 9.62. The zero-order valence-corrected chi connectivity index (χ0v) is 15.2. The van der Waals surface area contributed by atoms with E-state index in [2.05, 4.69) is 18.0 Å². The molecule has 3 heterocycles. The third-order valence-corrected chi connectivity index (χ3v) is 7.57. The largest absolute Gasteiger partial charge is 0.508 e. The molecule has 0 radical (unpaired) electrons. The Balaban J connectivity index is 1.74. The zero-order chi connectivity index (χ0) is 17.4. The molecular formula is C21H27NO3. The number of carbonyl (C=O) groups is 1. The van der Waals surface area contributed by atoms with Crippen molar-refractivity contribution >= 4 is 5.78 Å². The van der Waals surface area contributed by atoms with E-state index in [1.54, 1.807) is 6.92 Å². The molecule has 4 aliphatic rings. The van der Waals surface area contributed by atoms with E-state index in [4.69, 9.17) is 4.74 Å². The molecule has 5 rings (SSSR count). The van der Waals surface area contributed by atoms with Crippen molar-refractivity contribution in [2.45, 2.75) is 74.5 Å². The maximum Gasteiger partial charge on any atom is 0.132 e. The Morgan fingerprint density at radius 2 is 2.20 bits per heavy atom. The van der Waals surface area contributed by atoms with Crippen LogP contribution < -0.4 is 0 Å². The first-order valence-corrected chi connectivity index (χ1v) is 9.62. The number of benzene rings is 1. The van der Waals surface area contributed by atoms with Gasteiger partial charge in [0.1, 0.15) is 11.5 Å². The van der Waals surface area contributed by atoms with Gasteiger partial charge in [0, 0.05) is 17.9 Å². The minimum Gasteiger partial charge on any atom is -0.508 e. The maximum atomic E-state index is 12.0. The first-order chi connectivity index (χ1) is 11.9. The number of likely N-dealkylation sites (tertiary alicyclic amines) is 1. The van der Waals surface area contributed by atoms with Crippen molar-refractivity contribution in [2.75, 3.05) is 13.6 Å². The number of ether oxygens (including phenoxy) is 1. The number of rotatable bonds is 2. The van der Waals surface area contributed by atoms with Crippen molar-refractivity contribution in [3.8, 4) is 5.75 Å². The van der Waals surface area contributed by atoms with Gasteiger partial charge >= 0.3 is 0 Å². The minimum absolute atomic E-state index is 0.0531. The molecule has 4 nitrogen and oxygen atoms in total. The normalized spacial score (nSPS) is 41.9. The second-order valence-electron chi connectivity index (χ2n) is 8.96. The molecule has 1 aromatic carbocycles. The van der Waals surface area contributed by atoms with Crippen LogP contribution in [0.25, 0.3) is 0 Å². The fourth-order valence-electron chi connectivity index (χ4n) is 6.87. The molecule has 1 aromatic rings. The molecule has 4 bridgehead atoms. The number of phenolic OH excluding ortho intramolecular Hbond substituents is 1. The molecule has 0 aromatic heterocycles. The highest BCUT2D eigenvalue weighted by atomic mass is 16.5. The van der Waals surface area contributed by atoms with Crippen LogP contribution in [0.2, 0.25) is 0 Å². The smallest absolute Gasteiger partial charge is 0.132 e. The van der Waals surface area contributed by atoms with E-state index in [1.807, 2.05) is 12.1 Å². The summed E-state index contributed by atoms with van der Waals surface area (Å²) in [7, 11) is 2.22. The van der Waals surface area contributed by atoms with Gasteiger partial charge in [0.15, 0.2) is 0 Å². The number of hydrogen-bond acceptors (Lipinski definition) is 4. The van der Waals surface area contributed by atoms with Crippen molar-refractivity contribution < 1.29 is 14.6 Å². The van der Waals surface area contributed by atoms with Gasteiger partial charge in [-0.3, -0.25) is 4.79 Å². The molecule has 1 N–H and O–H groups in total. The number of fused-ring (bicyclic) bond motifs is 2. The summed E-state index contributed by atoms with van der Waals surface area (Å²) in [5, 5.41) is 10.2. The van der Waals surface area contributed by atoms with Crippen molar-refractivity contribution in [3.05, 3.63) is 29.3 Å². The quantitative estimate of drug-likeness (QED) is 0.898. The predicted octanol–water partition coefficient (Wildman–Crippen LogP) is 2.95. The number of ketones is 1. The standard InChI is InChI=1S/C21H27NO3/c1-14(23)12-19-6-3-7-21(25-19)18-10-15-4-5-16(24)11-17(15)20(21,13-19)8-9-22(18)2/h4-5,11,18,24H,3,6-10,12-13H2,1-2H3. The monoisotopic (exact) mass is 341 g/mol. The van der Waals surface area contributed by atoms with Gasteiger partial charge in [0.05, 0.1) is 11.2 Å². The summed E-state index contributed by atoms with van der Waals surface area (Å²) in [6.07, 6.45) is 6.67. The second kappa shape index (κ2) is 4.86. The van der Waals surface area contributed by atoms with Gasteiger partial charge in [-0.1, -0.05) is 6.07 Å². The molecule has 1 aliphatic carbocycles. The van der Waals surface area contributed by atoms with Crippen LogP contribution in [0.1, 0.15) is 56.6 Å². The lowest BCUT2D eigenvalue weighted by molar-refractivity contribution is -0.200. The number of hydrogen-bond donors (Lipinski definition) is 1. The SMILES string of the molecule is CC(=O)CC12CCCC3(O1)C1Cc4ccc(O)cc4C3(CCN1C)C2. The first kappa shape index (κ1) is 15.8. The number of Topliss-reactive ketones (excluding diaryl/α,β-unsaturated/α-hetero) is 1. The van der Waals surface area contributed by atoms with Crippen LogP contribution in [-0.2, 0) is 21.4 Å². The minimum atomic E-state index is -0.305. The van der Waals surface area contributed by atoms with Crippen LogP contribution in [0.3, 0.4) is 0 Å². The highest BCUT2D eigenvalue weighted by Crippen LogP contribution is 2.67. The third-order valence-electron chi connectivity index (χ3n) is 7.57. The Morgan fingerprint density at radius 1 is 1.36 bits per heavy atom. The summed E-state index contributed by atoms with van der Waals surface area (Å²) in [4.78, 5) is 14.5. The molecule has 0 amide bonds. The fourth-order valence-corrected chi connectivity index (χ4v) is 6.87. The Kier molecular flexibility index (Phi) is 3.08. The molecule has 25 heavy (non-hydrogen) atoms. The summed E-state index contributed by atoms with van der Waals surface area (Å²) in [5.74, 6) is 0.578. The van der Waals surface area contributed by atoms with Gasteiger partial charge in [0.25, 0.3) is 0 Å². The highest BCUT2D eigenvalue weighted by molar-refractivity contribution is 5.77. The van der Waals surface area contributed by atoms with Crippen molar-refractivity contribution in [2.24, 2.45) is 0 Å². The van der Waals surface area contributed by atoms with Crippen LogP contribution in [0.4, 0.5) is 0 Å². The third kappa shape index (κ3) is 1.87. The lowest BCUT2D eigenvalue weighted by Crippen LogP contribution is -2.69. The lowest BCUT2D eigenvalue weighted by atomic mass is 9.53. The van der Waals surface area contributed by atoms with E-state index in [-0.39, 0.29) is 22.4 Å². The zero-order valence-electron chi connectivity index (χ0n) is 15.2. The number of piperidine rings is 1. The summed E-state index contributed by atoms with van der Waals surface area (Å²) in [6.45, 7) is 2.75. The Morgan fingerprint density at radius 3 is 3.00 bits per heavy atom. The molecule has 3 saturated heterocycles. The average Bonchev–Trinajstić information content (AvgIpc) is 2.75. The molecule has 0 saturated carbocycles. The van der Waals surface area contributed by atoms with Gasteiger partial charge in [-0.2, -0.15) is 0 Å². The van der Waals surface area contributed by atoms with Gasteiger partial charge in [-0.15, -0.1) is 0 Å². The number of aromatic hydroxyl groups is 1. The van der Waals surface area contributed by atoms with E-state index in [1.165, 1.54) is 11.1 Å². The van der Waals surface area contributed by atoms with Crippen molar-refractivity contribution in [3.63, 3.8) is 0 Å². The molecular weight excluding hydrogens is 314 g/mol. The number of nitrogens with zero attached hydrogens (tertiary/aromatic N) is 1. The summed E-state index contributed by atoms with van der Waals surface area (Å²) < 4.78 is 6.97. The van der Waals surface area contributed by atoms with Crippen LogP contribution in [0, 0.1) is 0 Å². The van der Waals surface area contributed by atoms with Crippen LogP contribution >= 0.6 is 0 Å². The molecule has 4 heteroatoms. The fraction of sp³-hybridized carbons (Fsp3) is 0.667. The number of phenols is 1. The Labute approximate surface area is 149 Å². The lowest BCUT2D eigenvalue weighted by Gasteiger charge is -2.60. The molecule has 1 spiro atoms. The van der Waals surface area contributed by atoms with Crippen LogP contribution in [0.15, 0.2) is 18.2 Å². The van der Waals surface area contributed by atoms with Gasteiger partial charge in [0.2, 0.25) is 0 Å². The average molecular weight is 341 g/mol. The molecule has 4 unspecified atom stereocenters. The van der Waals surface area contributed by atoms with Crippen LogP contribution in [0.5, 0.6) is 5.75 Å². The van der Waals surface area contributed by atoms with E-state index < -0.39 is 0 Å². The summed E-state index contributed by atoms with van der Waals surface area (Å²) in [5.41, 5.74) is 2.09. The number of carbonyl (C=O) groups excluding carboxylic acids is 1. The second-order valence-corrected chi connectivity index (χ2v) is 8.96. The Bertz CT molecular complexity index is 762. The molecule has 3 fully saturated rings. The Hall–Kier alpha value is -1.39. The summed E-state index contributed by atoms with van der Waals surface area (Å²) in [6, 6.07) is 6.28. The van der Waals surface area contributed by atoms with Crippen molar-refractivity contribution in [1.82, 2.24) is 4.90 Å². The summed E-state index contributed by atoms with van der Waals surface area (Å²) >= 11 is 0. The van der Waals surface area contributed by atoms with E-state index >= 15 is 0 Å².